The molecule has 0 spiro atoms. The summed E-state index contributed by atoms with van der Waals surface area (Å²) in [7, 11) is 60.1. The SMILES string of the molecule is C.C.CCOC(=O)c1[nH]c2ccc(Cl)cc2c1Sc1ccc(Cl)cc1.CCOC(=O)c1cc2cc(Cl)ccc2[nH]1.S=S=S=S=S=S=S=S=S=S=S=S=S=S=S=S=S=S=S=S=S=S=S=S=S=S=S=S=S=S=S=S=S=S=S=S.Sc1ccc(Cl)cc1. The highest BCUT2D eigenvalue weighted by atomic mass is 35.5. The number of nitrogens with one attached hydrogen (secondary N) is 2. The van der Waals surface area contributed by atoms with E-state index in [1.807, 2.05) is 244 Å². The Morgan fingerprint density at radius 3 is 1.13 bits per heavy atom. The van der Waals surface area contributed by atoms with Crippen LogP contribution in [-0.2, 0) is 334 Å². The van der Waals surface area contributed by atoms with E-state index in [0.29, 0.717) is 39.7 Å². The molecule has 2 aromatic heterocycles. The molecule has 0 aliphatic rings. The first-order chi connectivity index (χ1) is 40.0. The number of fused-ring (bicyclic) bond motifs is 2. The summed E-state index contributed by atoms with van der Waals surface area (Å²) in [6.07, 6.45) is 0. The van der Waals surface area contributed by atoms with Crippen molar-refractivity contribution in [1.82, 2.24) is 9.97 Å². The predicted octanol–water partition coefficient (Wildman–Crippen LogP) is 12.6. The molecule has 0 radical (unpaired) electrons. The van der Waals surface area contributed by atoms with Crippen molar-refractivity contribution in [3.63, 3.8) is 0 Å². The van der Waals surface area contributed by atoms with Crippen LogP contribution in [0.3, 0.4) is 0 Å². The molecule has 0 aliphatic heterocycles. The molecule has 0 saturated heterocycles. The smallest absolute Gasteiger partial charge is 0.355 e. The van der Waals surface area contributed by atoms with Crippen LogP contribution in [0.4, 0.5) is 0 Å². The van der Waals surface area contributed by atoms with Crippen LogP contribution in [0.15, 0.2) is 106 Å². The Hall–Kier alpha value is 4.68. The van der Waals surface area contributed by atoms with Gasteiger partial charge in [0.1, 0.15) is 11.4 Å². The zero-order chi connectivity index (χ0) is 59.3. The Morgan fingerprint density at radius 2 is 0.762 bits per heavy atom. The van der Waals surface area contributed by atoms with Crippen molar-refractivity contribution < 1.29 is 19.1 Å². The summed E-state index contributed by atoms with van der Waals surface area (Å²) >= 11 is 38.6. The predicted molar refractivity (Wildman–Crippen MR) is 471 cm³/mol. The van der Waals surface area contributed by atoms with Gasteiger partial charge in [0.15, 0.2) is 0 Å². The van der Waals surface area contributed by atoms with E-state index in [4.69, 9.17) is 78.3 Å². The summed E-state index contributed by atoms with van der Waals surface area (Å²) in [5.41, 5.74) is 2.61. The summed E-state index contributed by atoms with van der Waals surface area (Å²) in [6.45, 7) is 4.25. The van der Waals surface area contributed by atoms with Gasteiger partial charge in [0, 0.05) is 376 Å². The molecule has 2 N–H and O–H groups in total. The Morgan fingerprint density at radius 1 is 0.429 bits per heavy atom. The number of rotatable bonds is 6. The molecule has 0 amide bonds. The molecule has 0 atom stereocenters. The molecule has 0 bridgehead atoms. The van der Waals surface area contributed by atoms with Gasteiger partial charge in [-0.25, -0.2) is 9.59 Å². The molecule has 2 heterocycles. The van der Waals surface area contributed by atoms with Crippen LogP contribution in [0, 0.1) is 0 Å². The molecule has 0 saturated carbocycles. The number of esters is 2. The van der Waals surface area contributed by atoms with E-state index in [1.54, 1.807) is 145 Å². The number of aromatic nitrogens is 2. The molecular weight excluding hydrogens is 1880 g/mol. The van der Waals surface area contributed by atoms with Gasteiger partial charge in [0.05, 0.1) is 18.1 Å². The lowest BCUT2D eigenvalue weighted by molar-refractivity contribution is 0.0509. The minimum absolute atomic E-state index is 0. The minimum Gasteiger partial charge on any atom is -0.461 e. The van der Waals surface area contributed by atoms with Crippen molar-refractivity contribution >= 4 is 429 Å². The number of ether oxygens (including phenoxy) is 2. The van der Waals surface area contributed by atoms with Gasteiger partial charge in [-0.15, -0.1) is 12.6 Å². The monoisotopic (exact) mass is 1920 g/mol. The number of carbonyl (C=O) groups is 2. The molecule has 4 aromatic carbocycles. The quantitative estimate of drug-likeness (QED) is 0.113. The maximum Gasteiger partial charge on any atom is 0.355 e. The maximum atomic E-state index is 12.2. The summed E-state index contributed by atoms with van der Waals surface area (Å²) in [4.78, 5) is 32.5. The molecule has 6 nitrogen and oxygen atoms in total. The van der Waals surface area contributed by atoms with Crippen molar-refractivity contribution in [3.05, 3.63) is 122 Å². The summed E-state index contributed by atoms with van der Waals surface area (Å²) in [6, 6.07) is 27.4. The van der Waals surface area contributed by atoms with Gasteiger partial charge < -0.3 is 19.4 Å². The highest BCUT2D eigenvalue weighted by Crippen LogP contribution is 2.38. The lowest BCUT2D eigenvalue weighted by Gasteiger charge is -2.05. The van der Waals surface area contributed by atoms with Gasteiger partial charge in [-0.1, -0.05) is 73.0 Å². The molecule has 6 rings (SSSR count). The fraction of sp³-hybridized carbons (Fsp3) is 0.167. The molecule has 48 heteroatoms. The van der Waals surface area contributed by atoms with Crippen LogP contribution in [-0.4, -0.2) is 35.1 Å². The number of halogens is 4. The second-order valence-corrected chi connectivity index (χ2v) is 75.2. The van der Waals surface area contributed by atoms with Gasteiger partial charge in [-0.3, -0.25) is 0 Å². The van der Waals surface area contributed by atoms with Crippen LogP contribution < -0.4 is 0 Å². The topological polar surface area (TPSA) is 84.2 Å². The lowest BCUT2D eigenvalue weighted by Crippen LogP contribution is -2.06. The Labute approximate surface area is 624 Å². The number of thiol groups is 1. The van der Waals surface area contributed by atoms with Gasteiger partial charge >= 0.3 is 11.9 Å². The Kier molecular flexibility index (Phi) is 60.9. The van der Waals surface area contributed by atoms with Crippen LogP contribution in [0.2, 0.25) is 20.1 Å². The van der Waals surface area contributed by atoms with Crippen LogP contribution in [0.25, 0.3) is 21.8 Å². The van der Waals surface area contributed by atoms with Crippen molar-refractivity contribution in [2.24, 2.45) is 0 Å². The van der Waals surface area contributed by atoms with Crippen LogP contribution >= 0.6 is 70.8 Å². The van der Waals surface area contributed by atoms with E-state index in [0.717, 1.165) is 41.5 Å². The average Bonchev–Trinajstić information content (AvgIpc) is 2.45. The molecule has 6 aromatic rings. The number of benzene rings is 4. The standard InChI is InChI=1S/C17H13Cl2NO2S.C11H10ClNO2.C6H5ClS.2CH4.S36/c1-2-22-17(21)15-16(23-12-6-3-10(18)4-7-12)13-9-11(19)5-8-14(13)20-15;1-2-15-11(14)10-6-7-5-8(12)3-4-9(7)13-10;7-5-1-3-6(8)4-2-5;;;1-3-5-7-9-11-13-15-17-19-21-23-25-27-29-31-33-35-36-34-32-30-28-26-24-22-20-18-16-14-12-10-8-6-4-2/h3-9,20H,2H2,1H3;3-6,13H,2H2,1H3;1-4,8H;2*1H4;. The second-order valence-electron chi connectivity index (χ2n) is 11.7. The first-order valence-electron chi connectivity index (χ1n) is 19.7. The maximum absolute atomic E-state index is 12.2. The van der Waals surface area contributed by atoms with Crippen LogP contribution in [0.5, 0.6) is 0 Å². The van der Waals surface area contributed by atoms with E-state index < -0.39 is 0 Å². The van der Waals surface area contributed by atoms with Gasteiger partial charge in [0.25, 0.3) is 0 Å². The highest BCUT2D eigenvalue weighted by Gasteiger charge is 2.20. The average molecular weight is 1920 g/mol. The second kappa shape index (κ2) is 59.0. The zero-order valence-electron chi connectivity index (χ0n) is 39.3. The van der Waals surface area contributed by atoms with Gasteiger partial charge in [0.2, 0.25) is 0 Å². The van der Waals surface area contributed by atoms with Crippen molar-refractivity contribution in [3.8, 4) is 0 Å². The van der Waals surface area contributed by atoms with E-state index in [-0.39, 0.29) is 26.8 Å². The van der Waals surface area contributed by atoms with E-state index in [9.17, 15) is 9.59 Å². The lowest BCUT2D eigenvalue weighted by atomic mass is 10.2. The third-order valence-corrected chi connectivity index (χ3v) is 82.8. The summed E-state index contributed by atoms with van der Waals surface area (Å²) in [5.74, 6) is -0.721. The van der Waals surface area contributed by atoms with Crippen molar-refractivity contribution in [2.45, 2.75) is 43.4 Å². The minimum atomic E-state index is -0.378. The number of hydrogen-bond donors (Lipinski definition) is 3. The summed E-state index contributed by atoms with van der Waals surface area (Å²) in [5, 5.41) is 4.48. The van der Waals surface area contributed by atoms with E-state index >= 15 is 0 Å². The Bertz CT molecular complexity index is 4710. The highest BCUT2D eigenvalue weighted by molar-refractivity contribution is 8.80. The Balaban J connectivity index is 0.000000620. The van der Waals surface area contributed by atoms with Crippen molar-refractivity contribution in [1.29, 1.82) is 0 Å². The first-order valence-corrected chi connectivity index (χ1v) is 69.2. The molecular formula is C36H36Cl4N2O4S38. The zero-order valence-corrected chi connectivity index (χ0v) is 73.4. The summed E-state index contributed by atoms with van der Waals surface area (Å²) < 4.78 is 10.0. The number of H-pyrrole nitrogens is 2. The molecule has 0 fully saturated rings. The molecule has 470 valence electrons. The molecule has 84 heavy (non-hydrogen) atoms. The van der Waals surface area contributed by atoms with E-state index in [2.05, 4.69) is 22.6 Å². The number of aromatic amines is 2. The molecule has 0 aliphatic carbocycles. The largest absolute Gasteiger partial charge is 0.461 e. The first kappa shape index (κ1) is 86.7. The normalized spacial score (nSPS) is 9.04. The van der Waals surface area contributed by atoms with Crippen molar-refractivity contribution in [2.75, 3.05) is 13.2 Å². The fourth-order valence-corrected chi connectivity index (χ4v) is 94.0. The third-order valence-electron chi connectivity index (χ3n) is 7.05. The number of carbonyl (C=O) groups excluding carboxylic acids is 2. The van der Waals surface area contributed by atoms with E-state index in [1.165, 1.54) is 29.5 Å². The third kappa shape index (κ3) is 43.0. The van der Waals surface area contributed by atoms with Gasteiger partial charge in [-0.2, -0.15) is 0 Å². The number of hydrogen-bond acceptors (Lipinski definition) is 8. The molecule has 0 unspecified atom stereocenters. The fourth-order valence-electron chi connectivity index (χ4n) is 4.44. The van der Waals surface area contributed by atoms with Crippen LogP contribution in [0.1, 0.15) is 49.7 Å². The van der Waals surface area contributed by atoms with Gasteiger partial charge in [-0.05, 0) is 105 Å².